The first-order valence-electron chi connectivity index (χ1n) is 19.4. The topological polar surface area (TPSA) is 99.1 Å². The number of likely N-dealkylation sites (N-methyl/N-ethyl adjacent to an activating group) is 1. The van der Waals surface area contributed by atoms with Crippen LogP contribution < -0.4 is 0 Å². The van der Waals surface area contributed by atoms with Crippen LogP contribution in [0, 0.1) is 0 Å². The first-order chi connectivity index (χ1) is 23.1. The van der Waals surface area contributed by atoms with E-state index in [0.717, 1.165) is 57.8 Å². The largest absolute Gasteiger partial charge is 0.477 e. The van der Waals surface area contributed by atoms with Gasteiger partial charge in [-0.2, -0.15) is 0 Å². The summed E-state index contributed by atoms with van der Waals surface area (Å²) in [7, 11) is 5.51. The van der Waals surface area contributed by atoms with Gasteiger partial charge in [0.2, 0.25) is 0 Å². The summed E-state index contributed by atoms with van der Waals surface area (Å²) in [5.74, 6) is -1.49. The molecule has 0 spiro atoms. The van der Waals surface area contributed by atoms with Crippen LogP contribution in [0.3, 0.4) is 0 Å². The molecule has 2 unspecified atom stereocenters. The molecule has 280 valence electrons. The zero-order valence-corrected chi connectivity index (χ0v) is 31.7. The number of carboxylic acid groups (broad SMARTS) is 1. The second kappa shape index (κ2) is 32.0. The molecule has 0 aromatic carbocycles. The molecule has 0 aromatic heterocycles. The first-order valence-corrected chi connectivity index (χ1v) is 19.4. The number of carboxylic acids is 1. The van der Waals surface area contributed by atoms with E-state index >= 15 is 0 Å². The van der Waals surface area contributed by atoms with E-state index in [0.29, 0.717) is 19.3 Å². The number of quaternary nitrogens is 1. The number of ether oxygens (including phenoxy) is 3. The number of unbranched alkanes of at least 4 members (excludes halogenated alkanes) is 16. The van der Waals surface area contributed by atoms with E-state index in [4.69, 9.17) is 14.2 Å². The van der Waals surface area contributed by atoms with E-state index in [1.54, 1.807) is 0 Å². The number of nitrogens with zero attached hydrogens (tertiary/aromatic N) is 1. The molecule has 0 heterocycles. The molecule has 48 heavy (non-hydrogen) atoms. The zero-order chi connectivity index (χ0) is 35.7. The lowest BCUT2D eigenvalue weighted by molar-refractivity contribution is -0.887. The normalized spacial score (nSPS) is 13.3. The van der Waals surface area contributed by atoms with Crippen molar-refractivity contribution in [2.75, 3.05) is 41.0 Å². The van der Waals surface area contributed by atoms with Crippen LogP contribution in [0.4, 0.5) is 0 Å². The zero-order valence-electron chi connectivity index (χ0n) is 31.7. The van der Waals surface area contributed by atoms with Gasteiger partial charge >= 0.3 is 17.9 Å². The minimum Gasteiger partial charge on any atom is -0.477 e. The predicted octanol–water partition coefficient (Wildman–Crippen LogP) is 9.74. The summed E-state index contributed by atoms with van der Waals surface area (Å²) in [6.07, 6.45) is 32.5. The minimum atomic E-state index is -0.877. The summed E-state index contributed by atoms with van der Waals surface area (Å²) in [6, 6.07) is -0.610. The quantitative estimate of drug-likeness (QED) is 0.0313. The van der Waals surface area contributed by atoms with Crippen molar-refractivity contribution in [2.24, 2.45) is 0 Å². The molecule has 0 saturated carbocycles. The third-order valence-corrected chi connectivity index (χ3v) is 8.60. The van der Waals surface area contributed by atoms with Crippen molar-refractivity contribution in [1.29, 1.82) is 0 Å². The van der Waals surface area contributed by atoms with E-state index in [2.05, 4.69) is 38.2 Å². The van der Waals surface area contributed by atoms with Crippen LogP contribution in [0.1, 0.15) is 162 Å². The van der Waals surface area contributed by atoms with Gasteiger partial charge < -0.3 is 23.8 Å². The smallest absolute Gasteiger partial charge is 0.362 e. The second-order valence-corrected chi connectivity index (χ2v) is 14.2. The lowest BCUT2D eigenvalue weighted by Crippen LogP contribution is -2.50. The summed E-state index contributed by atoms with van der Waals surface area (Å²) in [4.78, 5) is 36.5. The molecule has 0 amide bonds. The van der Waals surface area contributed by atoms with Gasteiger partial charge in [-0.05, 0) is 44.9 Å². The van der Waals surface area contributed by atoms with Crippen molar-refractivity contribution in [3.8, 4) is 0 Å². The molecule has 0 rings (SSSR count). The summed E-state index contributed by atoms with van der Waals surface area (Å²) in [6.45, 7) is 4.61. The minimum absolute atomic E-state index is 0.0515. The Kier molecular flexibility index (Phi) is 30.6. The Labute approximate surface area is 294 Å². The van der Waals surface area contributed by atoms with Gasteiger partial charge in [-0.1, -0.05) is 122 Å². The molecule has 0 bridgehead atoms. The third kappa shape index (κ3) is 29.9. The molecule has 2 atom stereocenters. The summed E-state index contributed by atoms with van der Waals surface area (Å²) < 4.78 is 17.1. The van der Waals surface area contributed by atoms with Crippen LogP contribution in [0.15, 0.2) is 24.3 Å². The van der Waals surface area contributed by atoms with Crippen molar-refractivity contribution in [3.63, 3.8) is 0 Å². The maximum Gasteiger partial charge on any atom is 0.362 e. The maximum atomic E-state index is 12.6. The number of hydrogen-bond acceptors (Lipinski definition) is 6. The molecule has 0 fully saturated rings. The summed E-state index contributed by atoms with van der Waals surface area (Å²) >= 11 is 0. The van der Waals surface area contributed by atoms with Crippen LogP contribution in [-0.4, -0.2) is 80.6 Å². The Morgan fingerprint density at radius 1 is 0.625 bits per heavy atom. The van der Waals surface area contributed by atoms with Crippen molar-refractivity contribution < 1.29 is 38.2 Å². The molecule has 8 heteroatoms. The standard InChI is InChI=1S/C40H73NO7/c1-6-8-10-12-13-14-15-16-17-18-19-20-21-22-23-24-25-27-29-31-39(43)48-36(35-47-38(42)30-28-26-11-9-7-2)34-46-33-32-37(40(44)45)41(3,4)5/h13-14,16-17,36-37H,6-12,15,18-35H2,1-5H3/p+1/b14-13-,17-16-. The lowest BCUT2D eigenvalue weighted by atomic mass is 10.1. The van der Waals surface area contributed by atoms with Crippen LogP contribution >= 0.6 is 0 Å². The van der Waals surface area contributed by atoms with Gasteiger partial charge in [0.25, 0.3) is 0 Å². The number of carbonyl (C=O) groups excluding carboxylic acids is 2. The lowest BCUT2D eigenvalue weighted by Gasteiger charge is -2.31. The Balaban J connectivity index is 4.22. The number of aliphatic carboxylic acids is 1. The molecule has 0 radical (unpaired) electrons. The monoisotopic (exact) mass is 681 g/mol. The average Bonchev–Trinajstić information content (AvgIpc) is 3.03. The maximum absolute atomic E-state index is 12.6. The van der Waals surface area contributed by atoms with Gasteiger partial charge in [0.1, 0.15) is 6.61 Å². The van der Waals surface area contributed by atoms with Gasteiger partial charge in [-0.25, -0.2) is 4.79 Å². The summed E-state index contributed by atoms with van der Waals surface area (Å²) in [5.41, 5.74) is 0. The highest BCUT2D eigenvalue weighted by molar-refractivity contribution is 5.72. The molecule has 0 saturated heterocycles. The van der Waals surface area contributed by atoms with E-state index in [9.17, 15) is 19.5 Å². The molecule has 8 nitrogen and oxygen atoms in total. The first kappa shape index (κ1) is 45.8. The van der Waals surface area contributed by atoms with Crippen molar-refractivity contribution in [1.82, 2.24) is 0 Å². The Morgan fingerprint density at radius 2 is 1.10 bits per heavy atom. The third-order valence-electron chi connectivity index (χ3n) is 8.60. The number of carbonyl (C=O) groups is 3. The highest BCUT2D eigenvalue weighted by Crippen LogP contribution is 2.14. The highest BCUT2D eigenvalue weighted by Gasteiger charge is 2.31. The van der Waals surface area contributed by atoms with Gasteiger partial charge in [0.05, 0.1) is 34.4 Å². The Morgan fingerprint density at radius 3 is 1.65 bits per heavy atom. The fraction of sp³-hybridized carbons (Fsp3) is 0.825. The highest BCUT2D eigenvalue weighted by atomic mass is 16.6. The van der Waals surface area contributed by atoms with E-state index in [1.165, 1.54) is 70.6 Å². The number of rotatable bonds is 34. The molecule has 0 aliphatic rings. The molecule has 0 aromatic rings. The van der Waals surface area contributed by atoms with Crippen LogP contribution in [0.25, 0.3) is 0 Å². The Hall–Kier alpha value is -2.19. The second-order valence-electron chi connectivity index (χ2n) is 14.2. The fourth-order valence-electron chi connectivity index (χ4n) is 5.53. The summed E-state index contributed by atoms with van der Waals surface area (Å²) in [5, 5.41) is 9.55. The molecule has 1 N–H and O–H groups in total. The van der Waals surface area contributed by atoms with Crippen molar-refractivity contribution >= 4 is 17.9 Å². The molecule has 0 aliphatic heterocycles. The van der Waals surface area contributed by atoms with Gasteiger partial charge in [0, 0.05) is 19.3 Å². The van der Waals surface area contributed by atoms with Gasteiger partial charge in [-0.3, -0.25) is 9.59 Å². The number of hydrogen-bond donors (Lipinski definition) is 1. The Bertz CT molecular complexity index is 849. The van der Waals surface area contributed by atoms with Crippen molar-refractivity contribution in [3.05, 3.63) is 24.3 Å². The van der Waals surface area contributed by atoms with E-state index < -0.39 is 18.1 Å². The van der Waals surface area contributed by atoms with Crippen LogP contribution in [0.2, 0.25) is 0 Å². The van der Waals surface area contributed by atoms with E-state index in [1.807, 2.05) is 21.1 Å². The van der Waals surface area contributed by atoms with Gasteiger partial charge in [-0.15, -0.1) is 0 Å². The van der Waals surface area contributed by atoms with Gasteiger partial charge in [0.15, 0.2) is 12.1 Å². The predicted molar refractivity (Wildman–Crippen MR) is 197 cm³/mol. The van der Waals surface area contributed by atoms with E-state index in [-0.39, 0.29) is 36.2 Å². The average molecular weight is 681 g/mol. The number of esters is 2. The number of allylic oxidation sites excluding steroid dienone is 4. The molecule has 0 aliphatic carbocycles. The molecular formula is C40H74NO7+. The fourth-order valence-corrected chi connectivity index (χ4v) is 5.53. The van der Waals surface area contributed by atoms with Crippen LogP contribution in [0.5, 0.6) is 0 Å². The van der Waals surface area contributed by atoms with Crippen molar-refractivity contribution in [2.45, 2.75) is 174 Å². The SMILES string of the molecule is CCCCC/C=C\C/C=C\CCCCCCCCCCCC(=O)OC(COCCC(C(=O)O)[N+](C)(C)C)COC(=O)CCCCCCC. The molecular weight excluding hydrogens is 606 g/mol. The van der Waals surface area contributed by atoms with Crippen LogP contribution in [-0.2, 0) is 28.6 Å².